The summed E-state index contributed by atoms with van der Waals surface area (Å²) in [6, 6.07) is 6.83. The van der Waals surface area contributed by atoms with Gasteiger partial charge in [0.1, 0.15) is 5.75 Å². The van der Waals surface area contributed by atoms with Crippen molar-refractivity contribution in [3.05, 3.63) is 76.6 Å². The third-order valence-corrected chi connectivity index (χ3v) is 7.63. The van der Waals surface area contributed by atoms with Crippen LogP contribution in [0.25, 0.3) is 11.1 Å². The molecule has 1 aliphatic rings. The molecule has 1 fully saturated rings. The van der Waals surface area contributed by atoms with Crippen molar-refractivity contribution >= 4 is 0 Å². The van der Waals surface area contributed by atoms with Crippen molar-refractivity contribution in [2.24, 2.45) is 5.92 Å². The van der Waals surface area contributed by atoms with E-state index in [1.54, 1.807) is 0 Å². The van der Waals surface area contributed by atoms with Gasteiger partial charge in [0.05, 0.1) is 0 Å². The number of hydrogen-bond acceptors (Lipinski definition) is 2. The molecule has 0 aliphatic heterocycles. The third kappa shape index (κ3) is 6.96. The summed E-state index contributed by atoms with van der Waals surface area (Å²) in [5, 5.41) is 0. The number of ether oxygens (including phenoxy) is 2. The summed E-state index contributed by atoms with van der Waals surface area (Å²) < 4.78 is 122. The van der Waals surface area contributed by atoms with Gasteiger partial charge < -0.3 is 9.47 Å². The highest BCUT2D eigenvalue weighted by molar-refractivity contribution is 5.72. The maximum atomic E-state index is 15.5. The maximum Gasteiger partial charge on any atom is 0.573 e. The van der Waals surface area contributed by atoms with E-state index in [-0.39, 0.29) is 22.4 Å². The predicted octanol–water partition coefficient (Wildman–Crippen LogP) is 10.9. The van der Waals surface area contributed by atoms with Crippen LogP contribution in [0.5, 0.6) is 17.2 Å². The van der Waals surface area contributed by atoms with Crippen LogP contribution < -0.4 is 9.47 Å². The van der Waals surface area contributed by atoms with Gasteiger partial charge in [-0.3, -0.25) is 0 Å². The molecule has 0 aromatic heterocycles. The molecule has 0 N–H and O–H groups in total. The Balaban J connectivity index is 1.70. The highest BCUT2D eigenvalue weighted by Crippen LogP contribution is 2.47. The fourth-order valence-corrected chi connectivity index (χ4v) is 5.49. The minimum absolute atomic E-state index is 0.0174. The Morgan fingerprint density at radius 3 is 2.05 bits per heavy atom. The Hall–Kier alpha value is -3.30. The van der Waals surface area contributed by atoms with Gasteiger partial charge in [-0.1, -0.05) is 50.8 Å². The van der Waals surface area contributed by atoms with E-state index in [0.717, 1.165) is 45.4 Å². The Morgan fingerprint density at radius 1 is 0.805 bits per heavy atom. The first kappa shape index (κ1) is 30.7. The smallest absolute Gasteiger partial charge is 0.453 e. The Bertz CT molecular complexity index is 1350. The first-order valence-corrected chi connectivity index (χ1v) is 13.6. The summed E-state index contributed by atoms with van der Waals surface area (Å²) in [7, 11) is 0. The Labute approximate surface area is 233 Å². The first-order valence-electron chi connectivity index (χ1n) is 13.6. The van der Waals surface area contributed by atoms with Crippen molar-refractivity contribution in [2.45, 2.75) is 77.5 Å². The van der Waals surface area contributed by atoms with Crippen LogP contribution in [0.15, 0.2) is 36.4 Å². The molecule has 0 spiro atoms. The van der Waals surface area contributed by atoms with E-state index in [0.29, 0.717) is 30.9 Å². The van der Waals surface area contributed by atoms with Crippen LogP contribution in [0.1, 0.15) is 75.3 Å². The van der Waals surface area contributed by atoms with Gasteiger partial charge in [-0.25, -0.2) is 22.0 Å². The number of benzene rings is 3. The van der Waals surface area contributed by atoms with Gasteiger partial charge in [0.2, 0.25) is 5.75 Å². The average molecular weight is 587 g/mol. The van der Waals surface area contributed by atoms with E-state index in [1.165, 1.54) is 24.3 Å². The lowest BCUT2D eigenvalue weighted by Gasteiger charge is -2.30. The lowest BCUT2D eigenvalue weighted by atomic mass is 9.76. The highest BCUT2D eigenvalue weighted by Gasteiger charge is 2.35. The summed E-state index contributed by atoms with van der Waals surface area (Å²) in [6.07, 6.45) is 1.56. The molecule has 0 atom stereocenters. The third-order valence-electron chi connectivity index (χ3n) is 7.63. The molecular formula is C31H30F8O2. The van der Waals surface area contributed by atoms with Gasteiger partial charge in [0, 0.05) is 16.7 Å². The molecule has 0 unspecified atom stereocenters. The van der Waals surface area contributed by atoms with Crippen molar-refractivity contribution in [2.75, 3.05) is 0 Å². The van der Waals surface area contributed by atoms with Gasteiger partial charge in [0.25, 0.3) is 0 Å². The summed E-state index contributed by atoms with van der Waals surface area (Å²) in [5.74, 6) is -9.27. The van der Waals surface area contributed by atoms with Crippen LogP contribution in [-0.4, -0.2) is 6.36 Å². The van der Waals surface area contributed by atoms with Crippen LogP contribution in [0.4, 0.5) is 35.1 Å². The molecule has 3 aromatic carbocycles. The summed E-state index contributed by atoms with van der Waals surface area (Å²) >= 11 is 0. The monoisotopic (exact) mass is 586 g/mol. The molecule has 4 rings (SSSR count). The second-order valence-corrected chi connectivity index (χ2v) is 10.4. The van der Waals surface area contributed by atoms with Crippen molar-refractivity contribution < 1.29 is 44.6 Å². The molecule has 0 heterocycles. The largest absolute Gasteiger partial charge is 0.573 e. The van der Waals surface area contributed by atoms with Gasteiger partial charge in [-0.05, 0) is 68.2 Å². The molecule has 0 saturated heterocycles. The van der Waals surface area contributed by atoms with E-state index in [2.05, 4.69) is 11.7 Å². The number of alkyl halides is 3. The van der Waals surface area contributed by atoms with E-state index in [4.69, 9.17) is 4.74 Å². The molecule has 0 bridgehead atoms. The molecule has 222 valence electrons. The van der Waals surface area contributed by atoms with E-state index >= 15 is 8.78 Å². The van der Waals surface area contributed by atoms with Crippen molar-refractivity contribution in [3.8, 4) is 28.4 Å². The summed E-state index contributed by atoms with van der Waals surface area (Å²) in [4.78, 5) is 0. The predicted molar refractivity (Wildman–Crippen MR) is 138 cm³/mol. The van der Waals surface area contributed by atoms with E-state index in [1.807, 2.05) is 0 Å². The quantitative estimate of drug-likeness (QED) is 0.141. The minimum atomic E-state index is -5.32. The van der Waals surface area contributed by atoms with Crippen molar-refractivity contribution in [3.63, 3.8) is 0 Å². The molecule has 41 heavy (non-hydrogen) atoms. The Kier molecular flexibility index (Phi) is 9.49. The molecular weight excluding hydrogens is 556 g/mol. The second-order valence-electron chi connectivity index (χ2n) is 10.4. The summed E-state index contributed by atoms with van der Waals surface area (Å²) in [6.45, 7) is 3.19. The number of para-hydroxylation sites is 1. The van der Waals surface area contributed by atoms with E-state index < -0.39 is 58.4 Å². The van der Waals surface area contributed by atoms with Crippen molar-refractivity contribution in [1.29, 1.82) is 0 Å². The zero-order valence-electron chi connectivity index (χ0n) is 22.6. The molecule has 0 amide bonds. The summed E-state index contributed by atoms with van der Waals surface area (Å²) in [5.41, 5.74) is -1.08. The first-order chi connectivity index (χ1) is 19.4. The fraction of sp³-hybridized carbons (Fsp3) is 0.419. The molecule has 1 saturated carbocycles. The van der Waals surface area contributed by atoms with Crippen LogP contribution in [-0.2, 0) is 0 Å². The molecule has 2 nitrogen and oxygen atoms in total. The lowest BCUT2D eigenvalue weighted by molar-refractivity contribution is -0.276. The van der Waals surface area contributed by atoms with Crippen molar-refractivity contribution in [1.82, 2.24) is 0 Å². The zero-order chi connectivity index (χ0) is 29.9. The molecule has 1 aliphatic carbocycles. The molecule has 3 aromatic rings. The Morgan fingerprint density at radius 2 is 1.44 bits per heavy atom. The number of halogens is 8. The SMILES string of the molecule is CCCCC[C@H]1CC[C@H](c2c(F)c(F)c(C)c(F)c2Oc2ccccc2-c2cc(F)c(OC(F)(F)F)c(F)c2)CC1. The molecule has 10 heteroatoms. The minimum Gasteiger partial charge on any atom is -0.453 e. The van der Waals surface area contributed by atoms with Gasteiger partial charge in [0.15, 0.2) is 34.8 Å². The fourth-order valence-electron chi connectivity index (χ4n) is 5.49. The van der Waals surface area contributed by atoms with Crippen LogP contribution in [0.2, 0.25) is 0 Å². The van der Waals surface area contributed by atoms with Crippen LogP contribution in [0, 0.1) is 41.9 Å². The zero-order valence-corrected chi connectivity index (χ0v) is 22.6. The molecule has 0 radical (unpaired) electrons. The lowest BCUT2D eigenvalue weighted by Crippen LogP contribution is -2.19. The standard InChI is InChI=1S/C31H30F8O2/c1-3-4-5-8-18-11-13-19(14-12-18)25-28(36)26(34)17(2)27(35)30(25)40-24-10-7-6-9-21(24)20-15-22(32)29(23(33)16-20)41-31(37,38)39/h6-7,9-10,15-16,18-19H,3-5,8,11-14H2,1-2H3/t18-,19-. The number of unbranched alkanes of at least 4 members (excludes halogenated alkanes) is 2. The van der Waals surface area contributed by atoms with Gasteiger partial charge >= 0.3 is 6.36 Å². The number of rotatable bonds is 9. The van der Waals surface area contributed by atoms with Gasteiger partial charge in [-0.15, -0.1) is 13.2 Å². The van der Waals surface area contributed by atoms with Crippen LogP contribution in [0.3, 0.4) is 0 Å². The topological polar surface area (TPSA) is 18.5 Å². The normalized spacial score (nSPS) is 17.5. The highest BCUT2D eigenvalue weighted by atomic mass is 19.4. The average Bonchev–Trinajstić information content (AvgIpc) is 2.93. The number of hydrogen-bond donors (Lipinski definition) is 0. The van der Waals surface area contributed by atoms with Gasteiger partial charge in [-0.2, -0.15) is 0 Å². The van der Waals surface area contributed by atoms with E-state index in [9.17, 15) is 26.3 Å². The second kappa shape index (κ2) is 12.7. The van der Waals surface area contributed by atoms with Crippen LogP contribution >= 0.6 is 0 Å². The maximum absolute atomic E-state index is 15.5.